The highest BCUT2D eigenvalue weighted by atomic mass is 16.1. The molecule has 0 saturated heterocycles. The van der Waals surface area contributed by atoms with E-state index in [4.69, 9.17) is 0 Å². The fourth-order valence-corrected chi connectivity index (χ4v) is 2.31. The van der Waals surface area contributed by atoms with Gasteiger partial charge in [0.15, 0.2) is 5.82 Å². The highest BCUT2D eigenvalue weighted by Gasteiger charge is 2.25. The van der Waals surface area contributed by atoms with Crippen molar-refractivity contribution in [2.45, 2.75) is 45.7 Å². The summed E-state index contributed by atoms with van der Waals surface area (Å²) in [6.07, 6.45) is 5.73. The largest absolute Gasteiger partial charge is 0.362 e. The molecular weight excluding hydrogens is 240 g/mol. The molecule has 5 nitrogen and oxygen atoms in total. The zero-order valence-electron chi connectivity index (χ0n) is 12.1. The van der Waals surface area contributed by atoms with Crippen molar-refractivity contribution in [2.75, 3.05) is 25.0 Å². The van der Waals surface area contributed by atoms with E-state index in [9.17, 15) is 4.79 Å². The summed E-state index contributed by atoms with van der Waals surface area (Å²) >= 11 is 0. The zero-order valence-corrected chi connectivity index (χ0v) is 12.1. The van der Waals surface area contributed by atoms with Crippen LogP contribution in [0.25, 0.3) is 0 Å². The van der Waals surface area contributed by atoms with Gasteiger partial charge in [-0.2, -0.15) is 0 Å². The van der Waals surface area contributed by atoms with Crippen LogP contribution < -0.4 is 10.9 Å². The Morgan fingerprint density at radius 2 is 2.16 bits per heavy atom. The quantitative estimate of drug-likeness (QED) is 0.814. The van der Waals surface area contributed by atoms with Gasteiger partial charge in [0, 0.05) is 31.0 Å². The standard InChI is InChI=1S/C14H24N4O/c1-4-17(5-2)10-11(3)16-13-14(19)18(9-8-15-13)12-6-7-12/h8-9,11-12H,4-7,10H2,1-3H3,(H,15,16). The summed E-state index contributed by atoms with van der Waals surface area (Å²) in [6.45, 7) is 9.36. The van der Waals surface area contributed by atoms with Gasteiger partial charge in [-0.1, -0.05) is 13.8 Å². The Hall–Kier alpha value is -1.36. The van der Waals surface area contributed by atoms with Crippen molar-refractivity contribution >= 4 is 5.82 Å². The van der Waals surface area contributed by atoms with Crippen molar-refractivity contribution in [1.29, 1.82) is 0 Å². The smallest absolute Gasteiger partial charge is 0.293 e. The Balaban J connectivity index is 2.02. The van der Waals surface area contributed by atoms with Crippen LogP contribution in [0.1, 0.15) is 39.7 Å². The van der Waals surface area contributed by atoms with Gasteiger partial charge >= 0.3 is 0 Å². The molecule has 5 heteroatoms. The van der Waals surface area contributed by atoms with Crippen LogP contribution in [-0.2, 0) is 0 Å². The van der Waals surface area contributed by atoms with Gasteiger partial charge in [-0.15, -0.1) is 0 Å². The number of rotatable bonds is 7. The number of likely N-dealkylation sites (N-methyl/N-ethyl adjacent to an activating group) is 1. The van der Waals surface area contributed by atoms with Gasteiger partial charge in [0.05, 0.1) is 0 Å². The second kappa shape index (κ2) is 6.19. The predicted molar refractivity (Wildman–Crippen MR) is 77.6 cm³/mol. The number of anilines is 1. The molecule has 1 aliphatic carbocycles. The van der Waals surface area contributed by atoms with E-state index in [0.29, 0.717) is 11.9 Å². The molecule has 2 rings (SSSR count). The van der Waals surface area contributed by atoms with Crippen molar-refractivity contribution in [2.24, 2.45) is 0 Å². The lowest BCUT2D eigenvalue weighted by Crippen LogP contribution is -2.37. The molecule has 0 aromatic carbocycles. The molecule has 19 heavy (non-hydrogen) atoms. The summed E-state index contributed by atoms with van der Waals surface area (Å²) in [5.41, 5.74) is 0.0106. The summed E-state index contributed by atoms with van der Waals surface area (Å²) < 4.78 is 1.81. The van der Waals surface area contributed by atoms with Crippen molar-refractivity contribution in [3.05, 3.63) is 22.7 Å². The third kappa shape index (κ3) is 3.56. The van der Waals surface area contributed by atoms with Crippen LogP contribution >= 0.6 is 0 Å². The summed E-state index contributed by atoms with van der Waals surface area (Å²) in [5, 5.41) is 3.25. The number of hydrogen-bond acceptors (Lipinski definition) is 4. The lowest BCUT2D eigenvalue weighted by atomic mass is 10.3. The predicted octanol–water partition coefficient (Wildman–Crippen LogP) is 1.72. The molecule has 1 unspecified atom stereocenters. The molecule has 106 valence electrons. The zero-order chi connectivity index (χ0) is 13.8. The maximum absolute atomic E-state index is 12.2. The van der Waals surface area contributed by atoms with Crippen molar-refractivity contribution in [3.8, 4) is 0 Å². The summed E-state index contributed by atoms with van der Waals surface area (Å²) in [5.74, 6) is 0.481. The van der Waals surface area contributed by atoms with E-state index in [-0.39, 0.29) is 11.6 Å². The van der Waals surface area contributed by atoms with Gasteiger partial charge in [0.1, 0.15) is 0 Å². The molecule has 0 spiro atoms. The van der Waals surface area contributed by atoms with E-state index < -0.39 is 0 Å². The Morgan fingerprint density at radius 3 is 2.74 bits per heavy atom. The van der Waals surface area contributed by atoms with Crippen LogP contribution in [0, 0.1) is 0 Å². The lowest BCUT2D eigenvalue weighted by molar-refractivity contribution is 0.294. The third-order valence-electron chi connectivity index (χ3n) is 3.62. The second-order valence-corrected chi connectivity index (χ2v) is 5.25. The SMILES string of the molecule is CCN(CC)CC(C)Nc1nccn(C2CC2)c1=O. The highest BCUT2D eigenvalue weighted by Crippen LogP contribution is 2.33. The molecule has 1 aromatic rings. The summed E-state index contributed by atoms with van der Waals surface area (Å²) in [6, 6.07) is 0.615. The van der Waals surface area contributed by atoms with E-state index in [2.05, 4.69) is 36.0 Å². The highest BCUT2D eigenvalue weighted by molar-refractivity contribution is 5.32. The van der Waals surface area contributed by atoms with Crippen LogP contribution in [-0.4, -0.2) is 40.1 Å². The van der Waals surface area contributed by atoms with Crippen LogP contribution in [0.3, 0.4) is 0 Å². The monoisotopic (exact) mass is 264 g/mol. The number of aromatic nitrogens is 2. The molecule has 1 aromatic heterocycles. The first kappa shape index (κ1) is 14.1. The van der Waals surface area contributed by atoms with Gasteiger partial charge in [-0.3, -0.25) is 4.79 Å². The van der Waals surface area contributed by atoms with E-state index in [1.54, 1.807) is 17.0 Å². The minimum absolute atomic E-state index is 0.0106. The second-order valence-electron chi connectivity index (χ2n) is 5.25. The molecule has 1 atom stereocenters. The van der Waals surface area contributed by atoms with Crippen molar-refractivity contribution < 1.29 is 0 Å². The molecule has 1 heterocycles. The molecule has 0 amide bonds. The minimum atomic E-state index is 0.0106. The van der Waals surface area contributed by atoms with Crippen LogP contribution in [0.5, 0.6) is 0 Å². The minimum Gasteiger partial charge on any atom is -0.362 e. The first-order chi connectivity index (χ1) is 9.15. The van der Waals surface area contributed by atoms with Gasteiger partial charge < -0.3 is 14.8 Å². The maximum atomic E-state index is 12.2. The molecule has 1 aliphatic rings. The topological polar surface area (TPSA) is 50.2 Å². The Morgan fingerprint density at radius 1 is 1.47 bits per heavy atom. The summed E-state index contributed by atoms with van der Waals surface area (Å²) in [4.78, 5) is 18.8. The molecule has 1 N–H and O–H groups in total. The van der Waals surface area contributed by atoms with Gasteiger partial charge in [-0.25, -0.2) is 4.98 Å². The van der Waals surface area contributed by atoms with Gasteiger partial charge in [-0.05, 0) is 32.9 Å². The number of hydrogen-bond donors (Lipinski definition) is 1. The van der Waals surface area contributed by atoms with E-state index in [0.717, 1.165) is 32.5 Å². The number of nitrogens with zero attached hydrogens (tertiary/aromatic N) is 3. The molecule has 1 saturated carbocycles. The van der Waals surface area contributed by atoms with Crippen LogP contribution in [0.15, 0.2) is 17.2 Å². The summed E-state index contributed by atoms with van der Waals surface area (Å²) in [7, 11) is 0. The Labute approximate surface area is 114 Å². The number of nitrogens with one attached hydrogen (secondary N) is 1. The Kier molecular flexibility index (Phi) is 4.58. The average Bonchev–Trinajstić information content (AvgIpc) is 3.23. The molecular formula is C14H24N4O. The first-order valence-corrected chi connectivity index (χ1v) is 7.21. The average molecular weight is 264 g/mol. The first-order valence-electron chi connectivity index (χ1n) is 7.21. The Bertz CT molecular complexity index is 463. The van der Waals surface area contributed by atoms with Crippen molar-refractivity contribution in [1.82, 2.24) is 14.5 Å². The molecule has 1 fully saturated rings. The molecule has 0 bridgehead atoms. The molecule has 0 radical (unpaired) electrons. The normalized spacial score (nSPS) is 16.6. The van der Waals surface area contributed by atoms with E-state index in [1.165, 1.54) is 0 Å². The van der Waals surface area contributed by atoms with E-state index in [1.807, 2.05) is 0 Å². The third-order valence-corrected chi connectivity index (χ3v) is 3.62. The fraction of sp³-hybridized carbons (Fsp3) is 0.714. The van der Waals surface area contributed by atoms with Gasteiger partial charge in [0.2, 0.25) is 0 Å². The lowest BCUT2D eigenvalue weighted by Gasteiger charge is -2.23. The molecule has 0 aliphatic heterocycles. The fourth-order valence-electron chi connectivity index (χ4n) is 2.31. The van der Waals surface area contributed by atoms with Gasteiger partial charge in [0.25, 0.3) is 5.56 Å². The maximum Gasteiger partial charge on any atom is 0.293 e. The van der Waals surface area contributed by atoms with Crippen LogP contribution in [0.4, 0.5) is 5.82 Å². The van der Waals surface area contributed by atoms with E-state index >= 15 is 0 Å². The van der Waals surface area contributed by atoms with Crippen LogP contribution in [0.2, 0.25) is 0 Å². The van der Waals surface area contributed by atoms with Crippen molar-refractivity contribution in [3.63, 3.8) is 0 Å².